The molecule has 0 N–H and O–H groups in total. The van der Waals surface area contributed by atoms with Crippen LogP contribution in [-0.4, -0.2) is 0 Å². The van der Waals surface area contributed by atoms with Crippen LogP contribution in [0.15, 0.2) is 0 Å². The van der Waals surface area contributed by atoms with Gasteiger partial charge in [-0.2, -0.15) is 0 Å². The maximum absolute atomic E-state index is 0. The third kappa shape index (κ3) is 9.09. The first-order valence-electron chi connectivity index (χ1n) is 0. The van der Waals surface area contributed by atoms with Crippen molar-refractivity contribution in [1.82, 2.24) is 0 Å². The molecule has 0 aliphatic heterocycles. The minimum Gasteiger partial charge on any atom is -0.0776 e. The Morgan fingerprint density at radius 2 is 1.00 bits per heavy atom. The average molecular weight is 378 g/mol. The van der Waals surface area contributed by atoms with Crippen LogP contribution in [0.25, 0.3) is 0 Å². The fourth-order valence-corrected chi connectivity index (χ4v) is 0. The summed E-state index contributed by atoms with van der Waals surface area (Å²) >= 11 is 0. The summed E-state index contributed by atoms with van der Waals surface area (Å²) in [6, 6.07) is 0. The van der Waals surface area contributed by atoms with Gasteiger partial charge in [-0.1, -0.05) is 7.43 Å². The van der Waals surface area contributed by atoms with Crippen molar-refractivity contribution in [1.29, 1.82) is 0 Å². The standard InChI is InChI=1S/CH4.Au.Ni.Pd/h1H4;;;. The van der Waals surface area contributed by atoms with E-state index in [9.17, 15) is 0 Å². The largest absolute Gasteiger partial charge is 0.0776 e. The first kappa shape index (κ1) is 39.3. The van der Waals surface area contributed by atoms with Crippen LogP contribution in [-0.2, 0) is 59.3 Å². The van der Waals surface area contributed by atoms with Crippen LogP contribution in [0.2, 0.25) is 0 Å². The zero-order valence-electron chi connectivity index (χ0n) is 0.934. The minimum atomic E-state index is 0. The van der Waals surface area contributed by atoms with E-state index >= 15 is 0 Å². The van der Waals surface area contributed by atoms with E-state index in [1.165, 1.54) is 0 Å². The molecule has 39 valence electrons. The van der Waals surface area contributed by atoms with Gasteiger partial charge in [0.15, 0.2) is 0 Å². The molecular formula is CH4AuNiPd. The quantitative estimate of drug-likeness (QED) is 0.543. The van der Waals surface area contributed by atoms with Crippen molar-refractivity contribution in [2.24, 2.45) is 0 Å². The van der Waals surface area contributed by atoms with Crippen molar-refractivity contribution in [3.63, 3.8) is 0 Å². The predicted molar refractivity (Wildman–Crippen MR) is 6.73 cm³/mol. The molecule has 0 amide bonds. The van der Waals surface area contributed by atoms with Gasteiger partial charge >= 0.3 is 0 Å². The van der Waals surface area contributed by atoms with E-state index in [0.29, 0.717) is 0 Å². The van der Waals surface area contributed by atoms with Crippen LogP contribution in [0.5, 0.6) is 0 Å². The molecule has 0 bridgehead atoms. The number of rotatable bonds is 0. The van der Waals surface area contributed by atoms with Gasteiger partial charge in [0.05, 0.1) is 0 Å². The SMILES string of the molecule is C.[Au].[Ni].[Pd]. The fourth-order valence-electron chi connectivity index (χ4n) is 0. The van der Waals surface area contributed by atoms with Crippen LogP contribution in [0.4, 0.5) is 0 Å². The molecule has 0 saturated heterocycles. The number of hydrogen-bond donors (Lipinski definition) is 0. The van der Waals surface area contributed by atoms with E-state index in [4.69, 9.17) is 0 Å². The smallest absolute Gasteiger partial charge is 0 e. The molecule has 0 nitrogen and oxygen atoms in total. The molecule has 0 aromatic rings. The van der Waals surface area contributed by atoms with Gasteiger partial charge < -0.3 is 0 Å². The van der Waals surface area contributed by atoms with Crippen molar-refractivity contribution in [3.8, 4) is 0 Å². The second-order valence-electron chi connectivity index (χ2n) is 0. The summed E-state index contributed by atoms with van der Waals surface area (Å²) in [7, 11) is 0. The van der Waals surface area contributed by atoms with E-state index in [1.54, 1.807) is 0 Å². The first-order chi connectivity index (χ1) is 0. The van der Waals surface area contributed by atoms with E-state index in [2.05, 4.69) is 0 Å². The van der Waals surface area contributed by atoms with Crippen LogP contribution < -0.4 is 0 Å². The van der Waals surface area contributed by atoms with Gasteiger partial charge in [-0.15, -0.1) is 0 Å². The van der Waals surface area contributed by atoms with Crippen molar-refractivity contribution in [2.75, 3.05) is 0 Å². The molecule has 0 aliphatic rings. The molecule has 0 spiro atoms. The normalized spacial score (nSPS) is 0. The van der Waals surface area contributed by atoms with Gasteiger partial charge in [-0.25, -0.2) is 0 Å². The Morgan fingerprint density at radius 1 is 1.00 bits per heavy atom. The minimum absolute atomic E-state index is 0. The molecular weight excluding hydrogens is 374 g/mol. The molecule has 1 radical (unpaired) electrons. The molecule has 0 atom stereocenters. The third-order valence-corrected chi connectivity index (χ3v) is 0. The van der Waals surface area contributed by atoms with Gasteiger partial charge in [0.2, 0.25) is 0 Å². The molecule has 3 heteroatoms. The summed E-state index contributed by atoms with van der Waals surface area (Å²) < 4.78 is 0. The maximum atomic E-state index is 0. The Labute approximate surface area is 66.2 Å². The molecule has 0 aromatic carbocycles. The van der Waals surface area contributed by atoms with E-state index in [0.717, 1.165) is 0 Å². The molecule has 0 unspecified atom stereocenters. The zero-order valence-corrected chi connectivity index (χ0v) is 5.64. The van der Waals surface area contributed by atoms with Crippen molar-refractivity contribution < 1.29 is 59.3 Å². The molecule has 0 aliphatic carbocycles. The van der Waals surface area contributed by atoms with Crippen molar-refractivity contribution >= 4 is 0 Å². The van der Waals surface area contributed by atoms with E-state index < -0.39 is 0 Å². The van der Waals surface area contributed by atoms with Gasteiger partial charge in [-0.3, -0.25) is 0 Å². The van der Waals surface area contributed by atoms with Crippen molar-refractivity contribution in [2.45, 2.75) is 7.43 Å². The van der Waals surface area contributed by atoms with E-state index in [-0.39, 0.29) is 66.7 Å². The van der Waals surface area contributed by atoms with Gasteiger partial charge in [0.1, 0.15) is 0 Å². The molecule has 0 aromatic heterocycles. The van der Waals surface area contributed by atoms with Crippen LogP contribution in [0.3, 0.4) is 0 Å². The Balaban J connectivity index is 0. The molecule has 0 rings (SSSR count). The number of hydrogen-bond acceptors (Lipinski definition) is 0. The summed E-state index contributed by atoms with van der Waals surface area (Å²) in [6.07, 6.45) is 0. The van der Waals surface area contributed by atoms with E-state index in [1.807, 2.05) is 0 Å². The monoisotopic (exact) mass is 377 g/mol. The fraction of sp³-hybridized carbons (Fsp3) is 1.00. The average Bonchev–Trinajstić information content (AvgIpc) is 0. The van der Waals surface area contributed by atoms with Crippen LogP contribution >= 0.6 is 0 Å². The Kier molecular flexibility index (Phi) is 203. The Hall–Kier alpha value is 1.90. The predicted octanol–water partition coefficient (Wildman–Crippen LogP) is 0.629. The summed E-state index contributed by atoms with van der Waals surface area (Å²) in [5, 5.41) is 0. The molecule has 0 saturated carbocycles. The summed E-state index contributed by atoms with van der Waals surface area (Å²) in [5.41, 5.74) is 0. The second kappa shape index (κ2) is 20.7. The molecule has 0 heterocycles. The molecule has 0 fully saturated rings. The topological polar surface area (TPSA) is 0 Å². The van der Waals surface area contributed by atoms with Gasteiger partial charge in [0, 0.05) is 59.3 Å². The third-order valence-electron chi connectivity index (χ3n) is 0. The van der Waals surface area contributed by atoms with Crippen LogP contribution in [0, 0.1) is 0 Å². The zero-order chi connectivity index (χ0) is 0. The van der Waals surface area contributed by atoms with Gasteiger partial charge in [-0.05, 0) is 0 Å². The van der Waals surface area contributed by atoms with Crippen molar-refractivity contribution in [3.05, 3.63) is 0 Å². The van der Waals surface area contributed by atoms with Crippen LogP contribution in [0.1, 0.15) is 7.43 Å². The maximum Gasteiger partial charge on any atom is 0 e. The Morgan fingerprint density at radius 3 is 1.00 bits per heavy atom. The van der Waals surface area contributed by atoms with Gasteiger partial charge in [0.25, 0.3) is 0 Å². The Bertz CT molecular complexity index is 8.00. The second-order valence-corrected chi connectivity index (χ2v) is 0. The summed E-state index contributed by atoms with van der Waals surface area (Å²) in [4.78, 5) is 0. The summed E-state index contributed by atoms with van der Waals surface area (Å²) in [5.74, 6) is 0. The first-order valence-corrected chi connectivity index (χ1v) is 0. The summed E-state index contributed by atoms with van der Waals surface area (Å²) in [6.45, 7) is 0. The molecule has 4 heavy (non-hydrogen) atoms.